The standard InChI is InChI=1S/C11H15NO.C2H6/c1-12-7-8-13-9-11(12)10-5-3-2-4-6-10;1-2/h2-6,11H,7-9H2,1H3;1-2H3/t11-;/m0./s1. The molecular formula is C13H21NO. The van der Waals surface area contributed by atoms with Crippen molar-refractivity contribution in [2.45, 2.75) is 19.9 Å². The van der Waals surface area contributed by atoms with Gasteiger partial charge in [0.15, 0.2) is 0 Å². The van der Waals surface area contributed by atoms with Crippen LogP contribution in [0.3, 0.4) is 0 Å². The molecule has 0 amide bonds. The third kappa shape index (κ3) is 3.33. The summed E-state index contributed by atoms with van der Waals surface area (Å²) in [5.74, 6) is 0. The van der Waals surface area contributed by atoms with Gasteiger partial charge in [-0.2, -0.15) is 0 Å². The molecule has 0 aliphatic carbocycles. The van der Waals surface area contributed by atoms with Crippen molar-refractivity contribution < 1.29 is 4.74 Å². The Morgan fingerprint density at radius 1 is 1.20 bits per heavy atom. The lowest BCUT2D eigenvalue weighted by atomic mass is 10.1. The van der Waals surface area contributed by atoms with Crippen LogP contribution in [0.1, 0.15) is 25.5 Å². The van der Waals surface area contributed by atoms with Crippen LogP contribution in [0.15, 0.2) is 30.3 Å². The van der Waals surface area contributed by atoms with Gasteiger partial charge in [0, 0.05) is 6.54 Å². The highest BCUT2D eigenvalue weighted by molar-refractivity contribution is 5.19. The van der Waals surface area contributed by atoms with Gasteiger partial charge in [-0.25, -0.2) is 0 Å². The zero-order chi connectivity index (χ0) is 11.1. The lowest BCUT2D eigenvalue weighted by Crippen LogP contribution is -2.36. The molecule has 0 saturated carbocycles. The van der Waals surface area contributed by atoms with Gasteiger partial charge in [0.05, 0.1) is 19.3 Å². The predicted molar refractivity (Wildman–Crippen MR) is 64.0 cm³/mol. The fourth-order valence-corrected chi connectivity index (χ4v) is 1.71. The van der Waals surface area contributed by atoms with Crippen LogP contribution in [-0.4, -0.2) is 31.7 Å². The van der Waals surface area contributed by atoms with Crippen LogP contribution in [0.25, 0.3) is 0 Å². The average Bonchev–Trinajstić information content (AvgIpc) is 2.33. The molecule has 0 N–H and O–H groups in total. The zero-order valence-corrected chi connectivity index (χ0v) is 9.94. The van der Waals surface area contributed by atoms with Crippen molar-refractivity contribution in [3.63, 3.8) is 0 Å². The number of likely N-dealkylation sites (N-methyl/N-ethyl adjacent to an activating group) is 1. The van der Waals surface area contributed by atoms with E-state index in [-0.39, 0.29) is 0 Å². The van der Waals surface area contributed by atoms with Gasteiger partial charge in [0.1, 0.15) is 0 Å². The van der Waals surface area contributed by atoms with Crippen molar-refractivity contribution in [3.05, 3.63) is 35.9 Å². The van der Waals surface area contributed by atoms with Gasteiger partial charge in [-0.1, -0.05) is 44.2 Å². The van der Waals surface area contributed by atoms with E-state index in [9.17, 15) is 0 Å². The Bertz CT molecular complexity index is 260. The van der Waals surface area contributed by atoms with E-state index in [1.54, 1.807) is 0 Å². The second-order valence-electron chi connectivity index (χ2n) is 3.48. The Morgan fingerprint density at radius 3 is 2.47 bits per heavy atom. The quantitative estimate of drug-likeness (QED) is 0.702. The van der Waals surface area contributed by atoms with E-state index in [1.165, 1.54) is 5.56 Å². The number of ether oxygens (including phenoxy) is 1. The van der Waals surface area contributed by atoms with Gasteiger partial charge in [0.25, 0.3) is 0 Å². The van der Waals surface area contributed by atoms with Crippen molar-refractivity contribution in [3.8, 4) is 0 Å². The van der Waals surface area contributed by atoms with Crippen LogP contribution >= 0.6 is 0 Å². The van der Waals surface area contributed by atoms with Crippen molar-refractivity contribution in [1.29, 1.82) is 0 Å². The molecule has 2 rings (SSSR count). The first kappa shape index (κ1) is 12.2. The summed E-state index contributed by atoms with van der Waals surface area (Å²) in [4.78, 5) is 2.35. The second-order valence-corrected chi connectivity index (χ2v) is 3.48. The Morgan fingerprint density at radius 2 is 1.87 bits per heavy atom. The Hall–Kier alpha value is -0.860. The SMILES string of the molecule is CC.CN1CCOC[C@H]1c1ccccc1. The molecule has 0 radical (unpaired) electrons. The molecule has 0 bridgehead atoms. The van der Waals surface area contributed by atoms with Crippen LogP contribution in [0, 0.1) is 0 Å². The summed E-state index contributed by atoms with van der Waals surface area (Å²) in [6.45, 7) is 6.71. The van der Waals surface area contributed by atoms with E-state index in [0.717, 1.165) is 19.8 Å². The van der Waals surface area contributed by atoms with E-state index >= 15 is 0 Å². The topological polar surface area (TPSA) is 12.5 Å². The van der Waals surface area contributed by atoms with Gasteiger partial charge in [-0.3, -0.25) is 4.90 Å². The average molecular weight is 207 g/mol. The molecule has 84 valence electrons. The van der Waals surface area contributed by atoms with Crippen LogP contribution in [0.4, 0.5) is 0 Å². The van der Waals surface area contributed by atoms with Crippen molar-refractivity contribution in [2.75, 3.05) is 26.8 Å². The first-order valence-electron chi connectivity index (χ1n) is 5.71. The monoisotopic (exact) mass is 207 g/mol. The molecule has 1 aliphatic rings. The molecule has 15 heavy (non-hydrogen) atoms. The minimum absolute atomic E-state index is 0.440. The highest BCUT2D eigenvalue weighted by atomic mass is 16.5. The molecule has 1 atom stereocenters. The maximum Gasteiger partial charge on any atom is 0.0664 e. The van der Waals surface area contributed by atoms with E-state index in [1.807, 2.05) is 19.9 Å². The minimum Gasteiger partial charge on any atom is -0.378 e. The van der Waals surface area contributed by atoms with Crippen LogP contribution in [-0.2, 0) is 4.74 Å². The maximum atomic E-state index is 5.47. The molecule has 1 aliphatic heterocycles. The Balaban J connectivity index is 0.000000531. The number of benzene rings is 1. The van der Waals surface area contributed by atoms with Crippen LogP contribution in [0.2, 0.25) is 0 Å². The van der Waals surface area contributed by atoms with Crippen molar-refractivity contribution in [1.82, 2.24) is 4.90 Å². The summed E-state index contributed by atoms with van der Waals surface area (Å²) in [7, 11) is 2.15. The molecule has 1 fully saturated rings. The zero-order valence-electron chi connectivity index (χ0n) is 9.94. The number of rotatable bonds is 1. The fraction of sp³-hybridized carbons (Fsp3) is 0.538. The first-order valence-corrected chi connectivity index (χ1v) is 5.71. The van der Waals surface area contributed by atoms with E-state index in [0.29, 0.717) is 6.04 Å². The van der Waals surface area contributed by atoms with Gasteiger partial charge in [-0.15, -0.1) is 0 Å². The normalized spacial score (nSPS) is 21.7. The summed E-state index contributed by atoms with van der Waals surface area (Å²) < 4.78 is 5.47. The van der Waals surface area contributed by atoms with Gasteiger partial charge < -0.3 is 4.74 Å². The lowest BCUT2D eigenvalue weighted by molar-refractivity contribution is 0.00506. The highest BCUT2D eigenvalue weighted by Crippen LogP contribution is 2.21. The molecule has 0 unspecified atom stereocenters. The molecular weight excluding hydrogens is 186 g/mol. The predicted octanol–water partition coefficient (Wildman–Crippen LogP) is 2.72. The molecule has 1 aromatic carbocycles. The van der Waals surface area contributed by atoms with Gasteiger partial charge >= 0.3 is 0 Å². The highest BCUT2D eigenvalue weighted by Gasteiger charge is 2.20. The summed E-state index contributed by atoms with van der Waals surface area (Å²) >= 11 is 0. The third-order valence-electron chi connectivity index (χ3n) is 2.58. The minimum atomic E-state index is 0.440. The number of morpholine rings is 1. The molecule has 2 nitrogen and oxygen atoms in total. The molecule has 1 aromatic rings. The van der Waals surface area contributed by atoms with E-state index in [4.69, 9.17) is 4.74 Å². The fourth-order valence-electron chi connectivity index (χ4n) is 1.71. The third-order valence-corrected chi connectivity index (χ3v) is 2.58. The van der Waals surface area contributed by atoms with Crippen LogP contribution < -0.4 is 0 Å². The number of nitrogens with zero attached hydrogens (tertiary/aromatic N) is 1. The summed E-state index contributed by atoms with van der Waals surface area (Å²) in [6.07, 6.45) is 0. The molecule has 2 heteroatoms. The lowest BCUT2D eigenvalue weighted by Gasteiger charge is -2.32. The molecule has 0 spiro atoms. The van der Waals surface area contributed by atoms with Gasteiger partial charge in [-0.05, 0) is 12.6 Å². The van der Waals surface area contributed by atoms with Gasteiger partial charge in [0.2, 0.25) is 0 Å². The molecule has 1 heterocycles. The van der Waals surface area contributed by atoms with Crippen LogP contribution in [0.5, 0.6) is 0 Å². The Kier molecular flexibility index (Phi) is 5.37. The molecule has 1 saturated heterocycles. The van der Waals surface area contributed by atoms with E-state index in [2.05, 4.69) is 36.2 Å². The van der Waals surface area contributed by atoms with Crippen molar-refractivity contribution >= 4 is 0 Å². The number of hydrogen-bond acceptors (Lipinski definition) is 2. The van der Waals surface area contributed by atoms with E-state index < -0.39 is 0 Å². The second kappa shape index (κ2) is 6.59. The smallest absolute Gasteiger partial charge is 0.0664 e. The largest absolute Gasteiger partial charge is 0.378 e. The summed E-state index contributed by atoms with van der Waals surface area (Å²) in [5.41, 5.74) is 1.35. The Labute approximate surface area is 92.9 Å². The van der Waals surface area contributed by atoms with Crippen molar-refractivity contribution in [2.24, 2.45) is 0 Å². The summed E-state index contributed by atoms with van der Waals surface area (Å²) in [5, 5.41) is 0. The number of hydrogen-bond donors (Lipinski definition) is 0. The molecule has 0 aromatic heterocycles. The maximum absolute atomic E-state index is 5.47. The summed E-state index contributed by atoms with van der Waals surface area (Å²) in [6, 6.07) is 11.0. The first-order chi connectivity index (χ1) is 7.38.